The Morgan fingerprint density at radius 3 is 2.72 bits per heavy atom. The van der Waals surface area contributed by atoms with Crippen LogP contribution in [0.15, 0.2) is 18.2 Å². The molecule has 18 heavy (non-hydrogen) atoms. The molecule has 1 heterocycles. The van der Waals surface area contributed by atoms with Gasteiger partial charge in [0.05, 0.1) is 7.11 Å². The van der Waals surface area contributed by atoms with E-state index in [-0.39, 0.29) is 5.82 Å². The Balaban J connectivity index is 1.97. The lowest BCUT2D eigenvalue weighted by Crippen LogP contribution is -2.40. The molecule has 1 saturated heterocycles. The molecule has 1 aromatic carbocycles. The van der Waals surface area contributed by atoms with Crippen LogP contribution in [0.2, 0.25) is 0 Å². The molecule has 1 N–H and O–H groups in total. The summed E-state index contributed by atoms with van der Waals surface area (Å²) in [6, 6.07) is 5.79. The van der Waals surface area contributed by atoms with Crippen LogP contribution in [0.1, 0.15) is 18.4 Å². The number of rotatable bonds is 4. The van der Waals surface area contributed by atoms with Gasteiger partial charge in [-0.05, 0) is 50.7 Å². The van der Waals surface area contributed by atoms with Gasteiger partial charge in [-0.25, -0.2) is 4.39 Å². The summed E-state index contributed by atoms with van der Waals surface area (Å²) in [6.45, 7) is 2.93. The van der Waals surface area contributed by atoms with Crippen molar-refractivity contribution in [3.05, 3.63) is 29.6 Å². The van der Waals surface area contributed by atoms with E-state index in [9.17, 15) is 4.39 Å². The second-order valence-corrected chi connectivity index (χ2v) is 4.87. The van der Waals surface area contributed by atoms with E-state index in [1.165, 1.54) is 7.11 Å². The topological polar surface area (TPSA) is 24.5 Å². The maximum Gasteiger partial charge on any atom is 0.165 e. The zero-order valence-electron chi connectivity index (χ0n) is 11.1. The maximum atomic E-state index is 13.6. The number of benzene rings is 1. The molecule has 0 unspecified atom stereocenters. The van der Waals surface area contributed by atoms with Crippen LogP contribution in [0.25, 0.3) is 0 Å². The average molecular weight is 252 g/mol. The molecule has 0 bridgehead atoms. The Hall–Kier alpha value is -1.13. The molecule has 0 atom stereocenters. The van der Waals surface area contributed by atoms with Crippen LogP contribution in [0.4, 0.5) is 4.39 Å². The summed E-state index contributed by atoms with van der Waals surface area (Å²) in [5.41, 5.74) is 0.995. The zero-order valence-corrected chi connectivity index (χ0v) is 11.1. The van der Waals surface area contributed by atoms with Crippen LogP contribution >= 0.6 is 0 Å². The Labute approximate surface area is 108 Å². The van der Waals surface area contributed by atoms with E-state index in [0.717, 1.165) is 38.0 Å². The monoisotopic (exact) mass is 252 g/mol. The molecule has 1 fully saturated rings. The first-order valence-electron chi connectivity index (χ1n) is 6.44. The molecule has 3 nitrogen and oxygen atoms in total. The van der Waals surface area contributed by atoms with Crippen molar-refractivity contribution in [2.45, 2.75) is 25.4 Å². The highest BCUT2D eigenvalue weighted by Crippen LogP contribution is 2.20. The molecule has 100 valence electrons. The van der Waals surface area contributed by atoms with Crippen LogP contribution in [0, 0.1) is 5.82 Å². The molecular weight excluding hydrogens is 231 g/mol. The lowest BCUT2D eigenvalue weighted by molar-refractivity contribution is 0.191. The fourth-order valence-corrected chi connectivity index (χ4v) is 2.47. The average Bonchev–Trinajstić information content (AvgIpc) is 2.40. The van der Waals surface area contributed by atoms with Crippen molar-refractivity contribution in [3.8, 4) is 5.75 Å². The van der Waals surface area contributed by atoms with E-state index in [1.54, 1.807) is 12.1 Å². The van der Waals surface area contributed by atoms with E-state index < -0.39 is 0 Å². The van der Waals surface area contributed by atoms with Gasteiger partial charge in [-0.15, -0.1) is 0 Å². The maximum absolute atomic E-state index is 13.6. The number of methoxy groups -OCH3 is 1. The molecule has 1 aliphatic heterocycles. The van der Waals surface area contributed by atoms with Crippen LogP contribution in [0.5, 0.6) is 5.75 Å². The molecule has 0 amide bonds. The standard InChI is InChI=1S/C14H21FN2O/c1-17(12-5-7-16-8-6-12)10-11-3-4-14(18-2)13(15)9-11/h3-4,9,12,16H,5-8,10H2,1-2H3. The van der Waals surface area contributed by atoms with Crippen molar-refractivity contribution in [1.82, 2.24) is 10.2 Å². The first-order chi connectivity index (χ1) is 8.70. The highest BCUT2D eigenvalue weighted by molar-refractivity contribution is 5.29. The molecule has 0 radical (unpaired) electrons. The van der Waals surface area contributed by atoms with Gasteiger partial charge in [0.1, 0.15) is 0 Å². The minimum absolute atomic E-state index is 0.284. The van der Waals surface area contributed by atoms with Crippen LogP contribution < -0.4 is 10.1 Å². The lowest BCUT2D eigenvalue weighted by Gasteiger charge is -2.31. The first kappa shape index (κ1) is 13.3. The van der Waals surface area contributed by atoms with Gasteiger partial charge in [-0.2, -0.15) is 0 Å². The Morgan fingerprint density at radius 1 is 1.39 bits per heavy atom. The third-order valence-corrected chi connectivity index (χ3v) is 3.58. The molecule has 1 aliphatic rings. The number of ether oxygens (including phenoxy) is 1. The predicted octanol–water partition coefficient (Wildman–Crippen LogP) is 2.02. The van der Waals surface area contributed by atoms with Crippen molar-refractivity contribution < 1.29 is 9.13 Å². The molecule has 0 spiro atoms. The predicted molar refractivity (Wildman–Crippen MR) is 70.3 cm³/mol. The van der Waals surface area contributed by atoms with E-state index in [0.29, 0.717) is 11.8 Å². The number of hydrogen-bond donors (Lipinski definition) is 1. The summed E-state index contributed by atoms with van der Waals surface area (Å²) in [5, 5.41) is 3.35. The van der Waals surface area contributed by atoms with Gasteiger partial charge in [0.25, 0.3) is 0 Å². The van der Waals surface area contributed by atoms with E-state index in [4.69, 9.17) is 4.74 Å². The highest BCUT2D eigenvalue weighted by atomic mass is 19.1. The summed E-state index contributed by atoms with van der Waals surface area (Å²) < 4.78 is 18.5. The second kappa shape index (κ2) is 6.16. The Bertz CT molecular complexity index is 391. The summed E-state index contributed by atoms with van der Waals surface area (Å²) in [6.07, 6.45) is 2.32. The SMILES string of the molecule is COc1ccc(CN(C)C2CCNCC2)cc1F. The molecule has 0 saturated carbocycles. The van der Waals surface area contributed by atoms with Crippen molar-refractivity contribution in [1.29, 1.82) is 0 Å². The van der Waals surface area contributed by atoms with Crippen molar-refractivity contribution in [2.24, 2.45) is 0 Å². The highest BCUT2D eigenvalue weighted by Gasteiger charge is 2.18. The number of piperidine rings is 1. The smallest absolute Gasteiger partial charge is 0.165 e. The summed E-state index contributed by atoms with van der Waals surface area (Å²) in [5.74, 6) is 0.0250. The van der Waals surface area contributed by atoms with Crippen LogP contribution in [-0.4, -0.2) is 38.2 Å². The van der Waals surface area contributed by atoms with Crippen LogP contribution in [0.3, 0.4) is 0 Å². The van der Waals surface area contributed by atoms with Crippen molar-refractivity contribution in [2.75, 3.05) is 27.2 Å². The number of nitrogens with zero attached hydrogens (tertiary/aromatic N) is 1. The molecule has 1 aromatic rings. The number of hydrogen-bond acceptors (Lipinski definition) is 3. The third kappa shape index (κ3) is 3.21. The summed E-state index contributed by atoms with van der Waals surface area (Å²) >= 11 is 0. The molecule has 0 aliphatic carbocycles. The minimum Gasteiger partial charge on any atom is -0.494 e. The second-order valence-electron chi connectivity index (χ2n) is 4.87. The fourth-order valence-electron chi connectivity index (χ4n) is 2.47. The largest absolute Gasteiger partial charge is 0.494 e. The van der Waals surface area contributed by atoms with Gasteiger partial charge < -0.3 is 10.1 Å². The zero-order chi connectivity index (χ0) is 13.0. The van der Waals surface area contributed by atoms with Gasteiger partial charge in [-0.1, -0.05) is 6.07 Å². The number of halogens is 1. The fraction of sp³-hybridized carbons (Fsp3) is 0.571. The van der Waals surface area contributed by atoms with Gasteiger partial charge in [0, 0.05) is 12.6 Å². The van der Waals surface area contributed by atoms with Crippen LogP contribution in [-0.2, 0) is 6.54 Å². The number of nitrogens with one attached hydrogen (secondary N) is 1. The summed E-state index contributed by atoms with van der Waals surface area (Å²) in [7, 11) is 3.59. The van der Waals surface area contributed by atoms with Crippen molar-refractivity contribution in [3.63, 3.8) is 0 Å². The van der Waals surface area contributed by atoms with Gasteiger partial charge >= 0.3 is 0 Å². The Morgan fingerprint density at radius 2 is 2.11 bits per heavy atom. The lowest BCUT2D eigenvalue weighted by atomic mass is 10.0. The molecule has 0 aromatic heterocycles. The molecule has 2 rings (SSSR count). The van der Waals surface area contributed by atoms with Gasteiger partial charge in [0.2, 0.25) is 0 Å². The van der Waals surface area contributed by atoms with E-state index in [2.05, 4.69) is 17.3 Å². The Kier molecular flexibility index (Phi) is 4.55. The van der Waals surface area contributed by atoms with E-state index in [1.807, 2.05) is 6.07 Å². The molecular formula is C14H21FN2O. The minimum atomic E-state index is -0.284. The third-order valence-electron chi connectivity index (χ3n) is 3.58. The summed E-state index contributed by atoms with van der Waals surface area (Å²) in [4.78, 5) is 2.31. The normalized spacial score (nSPS) is 17.1. The quantitative estimate of drug-likeness (QED) is 0.887. The van der Waals surface area contributed by atoms with E-state index >= 15 is 0 Å². The van der Waals surface area contributed by atoms with Crippen molar-refractivity contribution >= 4 is 0 Å². The molecule has 4 heteroatoms. The van der Waals surface area contributed by atoms with Gasteiger partial charge in [0.15, 0.2) is 11.6 Å². The van der Waals surface area contributed by atoms with Gasteiger partial charge in [-0.3, -0.25) is 4.90 Å². The first-order valence-corrected chi connectivity index (χ1v) is 6.44.